The summed E-state index contributed by atoms with van der Waals surface area (Å²) in [5.41, 5.74) is 3.55. The van der Waals surface area contributed by atoms with Crippen LogP contribution in [0.1, 0.15) is 29.9 Å². The summed E-state index contributed by atoms with van der Waals surface area (Å²) in [6, 6.07) is 10.6. The molecule has 0 amide bonds. The van der Waals surface area contributed by atoms with Crippen molar-refractivity contribution < 1.29 is 4.74 Å². The minimum atomic E-state index is 0.275. The zero-order chi connectivity index (χ0) is 13.2. The average Bonchev–Trinajstić information content (AvgIpc) is 2.99. The lowest BCUT2D eigenvalue weighted by Gasteiger charge is -2.12. The van der Waals surface area contributed by atoms with E-state index >= 15 is 0 Å². The van der Waals surface area contributed by atoms with Crippen LogP contribution < -0.4 is 10.1 Å². The molecule has 1 aliphatic rings. The number of nitrogens with one attached hydrogen (secondary N) is 1. The lowest BCUT2D eigenvalue weighted by Crippen LogP contribution is -2.23. The fourth-order valence-electron chi connectivity index (χ4n) is 2.57. The van der Waals surface area contributed by atoms with E-state index < -0.39 is 0 Å². The number of fused-ring (bicyclic) bond motifs is 1. The molecule has 1 atom stereocenters. The molecule has 0 saturated heterocycles. The van der Waals surface area contributed by atoms with Gasteiger partial charge in [0.1, 0.15) is 12.4 Å². The predicted octanol–water partition coefficient (Wildman–Crippen LogP) is 2.43. The Kier molecular flexibility index (Phi) is 3.25. The molecule has 0 saturated carbocycles. The molecule has 19 heavy (non-hydrogen) atoms. The minimum Gasteiger partial charge on any atom is -0.491 e. The third-order valence-electron chi connectivity index (χ3n) is 3.51. The third-order valence-corrected chi connectivity index (χ3v) is 3.51. The number of benzene rings is 1. The Morgan fingerprint density at radius 2 is 2.26 bits per heavy atom. The summed E-state index contributed by atoms with van der Waals surface area (Å²) < 4.78 is 7.72. The molecule has 4 nitrogen and oxygen atoms in total. The van der Waals surface area contributed by atoms with E-state index in [0.717, 1.165) is 24.5 Å². The predicted molar refractivity (Wildman–Crippen MR) is 74.2 cm³/mol. The first-order chi connectivity index (χ1) is 9.28. The van der Waals surface area contributed by atoms with Gasteiger partial charge in [-0.15, -0.1) is 0 Å². The molecule has 1 aliphatic heterocycles. The Labute approximate surface area is 113 Å². The highest BCUT2D eigenvalue weighted by Crippen LogP contribution is 2.31. The van der Waals surface area contributed by atoms with Crippen LogP contribution in [0, 0.1) is 6.92 Å². The van der Waals surface area contributed by atoms with Crippen molar-refractivity contribution in [2.45, 2.75) is 33.0 Å². The third kappa shape index (κ3) is 2.36. The van der Waals surface area contributed by atoms with Gasteiger partial charge < -0.3 is 10.1 Å². The molecule has 0 spiro atoms. The quantitative estimate of drug-likeness (QED) is 0.914. The molecule has 1 aromatic heterocycles. The van der Waals surface area contributed by atoms with E-state index in [1.54, 1.807) is 0 Å². The van der Waals surface area contributed by atoms with Crippen molar-refractivity contribution >= 4 is 0 Å². The summed E-state index contributed by atoms with van der Waals surface area (Å²) in [4.78, 5) is 0. The van der Waals surface area contributed by atoms with E-state index in [4.69, 9.17) is 4.74 Å². The van der Waals surface area contributed by atoms with Crippen molar-refractivity contribution in [3.63, 3.8) is 0 Å². The number of hydrogen-bond donors (Lipinski definition) is 1. The highest BCUT2D eigenvalue weighted by atomic mass is 16.5. The lowest BCUT2D eigenvalue weighted by molar-refractivity contribution is 0.309. The summed E-state index contributed by atoms with van der Waals surface area (Å²) >= 11 is 0. The second-order valence-electron chi connectivity index (χ2n) is 4.88. The summed E-state index contributed by atoms with van der Waals surface area (Å²) in [6.45, 7) is 6.58. The van der Waals surface area contributed by atoms with Crippen LogP contribution in [0.25, 0.3) is 0 Å². The van der Waals surface area contributed by atoms with Gasteiger partial charge in [0, 0.05) is 18.7 Å². The first-order valence-corrected chi connectivity index (χ1v) is 6.76. The van der Waals surface area contributed by atoms with Crippen molar-refractivity contribution in [1.82, 2.24) is 15.1 Å². The van der Waals surface area contributed by atoms with Gasteiger partial charge in [0.15, 0.2) is 0 Å². The molecule has 1 aromatic carbocycles. The van der Waals surface area contributed by atoms with Crippen molar-refractivity contribution in [3.8, 4) is 5.75 Å². The van der Waals surface area contributed by atoms with Gasteiger partial charge >= 0.3 is 0 Å². The molecule has 2 aromatic rings. The number of aryl methyl sites for hydroxylation is 2. The molecule has 3 rings (SSSR count). The number of rotatable bonds is 4. The number of nitrogens with zero attached hydrogens (tertiary/aromatic N) is 2. The lowest BCUT2D eigenvalue weighted by atomic mass is 10.1. The van der Waals surface area contributed by atoms with Crippen LogP contribution in [-0.2, 0) is 13.1 Å². The molecule has 100 valence electrons. The van der Waals surface area contributed by atoms with Crippen LogP contribution in [0.3, 0.4) is 0 Å². The van der Waals surface area contributed by atoms with E-state index in [-0.39, 0.29) is 6.04 Å². The smallest absolute Gasteiger partial charge is 0.124 e. The first-order valence-electron chi connectivity index (χ1n) is 6.76. The van der Waals surface area contributed by atoms with Crippen molar-refractivity contribution in [2.75, 3.05) is 6.61 Å². The molecule has 1 unspecified atom stereocenters. The molecule has 0 fully saturated rings. The minimum absolute atomic E-state index is 0.275. The topological polar surface area (TPSA) is 39.1 Å². The maximum Gasteiger partial charge on any atom is 0.124 e. The Bertz CT molecular complexity index is 577. The van der Waals surface area contributed by atoms with Gasteiger partial charge in [0.05, 0.1) is 17.4 Å². The number of ether oxygens (including phenoxy) is 1. The van der Waals surface area contributed by atoms with E-state index in [9.17, 15) is 0 Å². The molecular formula is C15H19N3O. The SMILES string of the molecule is CCn1nc(C)cc1CNC1COc2ccccc21. The highest BCUT2D eigenvalue weighted by molar-refractivity contribution is 5.39. The van der Waals surface area contributed by atoms with Crippen molar-refractivity contribution in [2.24, 2.45) is 0 Å². The van der Waals surface area contributed by atoms with E-state index in [1.807, 2.05) is 23.7 Å². The van der Waals surface area contributed by atoms with Crippen molar-refractivity contribution in [3.05, 3.63) is 47.3 Å². The van der Waals surface area contributed by atoms with E-state index in [2.05, 4.69) is 35.5 Å². The molecular weight excluding hydrogens is 238 g/mol. The molecule has 0 aliphatic carbocycles. The van der Waals surface area contributed by atoms with Gasteiger partial charge in [-0.2, -0.15) is 5.10 Å². The largest absolute Gasteiger partial charge is 0.491 e. The number of aromatic nitrogens is 2. The standard InChI is InChI=1S/C15H19N3O/c1-3-18-12(8-11(2)17-18)9-16-14-10-19-15-7-5-4-6-13(14)15/h4-8,14,16H,3,9-10H2,1-2H3. The zero-order valence-electron chi connectivity index (χ0n) is 11.4. The van der Waals surface area contributed by atoms with Crippen LogP contribution >= 0.6 is 0 Å². The van der Waals surface area contributed by atoms with Gasteiger partial charge in [0.25, 0.3) is 0 Å². The van der Waals surface area contributed by atoms with Crippen LogP contribution in [0.15, 0.2) is 30.3 Å². The monoisotopic (exact) mass is 257 g/mol. The molecule has 0 bridgehead atoms. The molecule has 2 heterocycles. The van der Waals surface area contributed by atoms with Gasteiger partial charge in [-0.05, 0) is 26.0 Å². The number of para-hydroxylation sites is 1. The molecule has 4 heteroatoms. The van der Waals surface area contributed by atoms with Crippen LogP contribution in [-0.4, -0.2) is 16.4 Å². The first kappa shape index (κ1) is 12.2. The van der Waals surface area contributed by atoms with E-state index in [1.165, 1.54) is 11.3 Å². The van der Waals surface area contributed by atoms with Gasteiger partial charge in [0.2, 0.25) is 0 Å². The fourth-order valence-corrected chi connectivity index (χ4v) is 2.57. The van der Waals surface area contributed by atoms with E-state index in [0.29, 0.717) is 6.61 Å². The average molecular weight is 257 g/mol. The maximum absolute atomic E-state index is 5.68. The maximum atomic E-state index is 5.68. The Hall–Kier alpha value is -1.81. The summed E-state index contributed by atoms with van der Waals surface area (Å²) in [6.07, 6.45) is 0. The zero-order valence-corrected chi connectivity index (χ0v) is 11.4. The Balaban J connectivity index is 1.70. The summed E-state index contributed by atoms with van der Waals surface area (Å²) in [5, 5.41) is 8.02. The second-order valence-corrected chi connectivity index (χ2v) is 4.88. The number of hydrogen-bond acceptors (Lipinski definition) is 3. The van der Waals surface area contributed by atoms with Crippen LogP contribution in [0.5, 0.6) is 5.75 Å². The second kappa shape index (κ2) is 5.05. The van der Waals surface area contributed by atoms with Crippen LogP contribution in [0.2, 0.25) is 0 Å². The normalized spacial score (nSPS) is 17.3. The fraction of sp³-hybridized carbons (Fsp3) is 0.400. The summed E-state index contributed by atoms with van der Waals surface area (Å²) in [5.74, 6) is 1.00. The summed E-state index contributed by atoms with van der Waals surface area (Å²) in [7, 11) is 0. The Morgan fingerprint density at radius 1 is 1.42 bits per heavy atom. The molecule has 0 radical (unpaired) electrons. The Morgan fingerprint density at radius 3 is 3.11 bits per heavy atom. The van der Waals surface area contributed by atoms with Gasteiger partial charge in [-0.1, -0.05) is 18.2 Å². The van der Waals surface area contributed by atoms with Gasteiger partial charge in [-0.3, -0.25) is 4.68 Å². The molecule has 1 N–H and O–H groups in total. The van der Waals surface area contributed by atoms with Gasteiger partial charge in [-0.25, -0.2) is 0 Å². The highest BCUT2D eigenvalue weighted by Gasteiger charge is 2.23. The van der Waals surface area contributed by atoms with Crippen LogP contribution in [0.4, 0.5) is 0 Å². The van der Waals surface area contributed by atoms with Crippen molar-refractivity contribution in [1.29, 1.82) is 0 Å².